The number of nitrogens with zero attached hydrogens (tertiary/aromatic N) is 7. The van der Waals surface area contributed by atoms with E-state index in [0.29, 0.717) is 12.3 Å². The Morgan fingerprint density at radius 3 is 2.55 bits per heavy atom. The van der Waals surface area contributed by atoms with Crippen molar-refractivity contribution in [3.8, 4) is 11.4 Å². The van der Waals surface area contributed by atoms with Gasteiger partial charge in [-0.3, -0.25) is 14.0 Å². The number of fused-ring (bicyclic) bond motifs is 1. The number of rotatable bonds is 6. The van der Waals surface area contributed by atoms with E-state index in [1.165, 1.54) is 47.0 Å². The summed E-state index contributed by atoms with van der Waals surface area (Å²) in [7, 11) is 3.08. The highest BCUT2D eigenvalue weighted by atomic mass is 35.5. The van der Waals surface area contributed by atoms with Crippen molar-refractivity contribution >= 4 is 40.2 Å². The molecule has 0 bridgehead atoms. The van der Waals surface area contributed by atoms with Crippen LogP contribution in [0.25, 0.3) is 22.6 Å². The van der Waals surface area contributed by atoms with E-state index in [4.69, 9.17) is 22.1 Å². The molecular weight excluding hydrogens is 558 g/mol. The summed E-state index contributed by atoms with van der Waals surface area (Å²) in [5.41, 5.74) is 4.12. The van der Waals surface area contributed by atoms with Crippen molar-refractivity contribution in [3.05, 3.63) is 87.8 Å². The Labute approximate surface area is 227 Å². The SMILES string of the molecule is Cn1cc(-n2cc(C(F)(F)F)cc(Nc3nc4ncc(OC(=CN)c5ccc(F)cn5)c(Cl)c4n3C)c2=O)cn1. The van der Waals surface area contributed by atoms with Gasteiger partial charge in [-0.25, -0.2) is 14.4 Å². The van der Waals surface area contributed by atoms with Crippen LogP contribution in [0.4, 0.5) is 29.2 Å². The van der Waals surface area contributed by atoms with Crippen LogP contribution in [0.1, 0.15) is 11.3 Å². The van der Waals surface area contributed by atoms with Gasteiger partial charge in [0.15, 0.2) is 17.2 Å². The molecule has 11 nitrogen and oxygen atoms in total. The number of nitrogens with one attached hydrogen (secondary N) is 1. The third kappa shape index (κ3) is 4.93. The minimum Gasteiger partial charge on any atom is -0.450 e. The second-order valence-electron chi connectivity index (χ2n) is 8.41. The zero-order valence-electron chi connectivity index (χ0n) is 20.6. The molecule has 0 saturated heterocycles. The molecule has 40 heavy (non-hydrogen) atoms. The van der Waals surface area contributed by atoms with Crippen LogP contribution >= 0.6 is 11.6 Å². The molecule has 5 aromatic heterocycles. The van der Waals surface area contributed by atoms with Gasteiger partial charge in [-0.2, -0.15) is 23.3 Å². The molecule has 0 radical (unpaired) electrons. The van der Waals surface area contributed by atoms with Gasteiger partial charge in [-0.05, 0) is 18.2 Å². The number of pyridine rings is 3. The number of hydrogen-bond donors (Lipinski definition) is 2. The third-order valence-electron chi connectivity index (χ3n) is 5.72. The molecule has 0 unspecified atom stereocenters. The number of nitrogens with two attached hydrogens (primary N) is 1. The van der Waals surface area contributed by atoms with Gasteiger partial charge in [-0.15, -0.1) is 0 Å². The lowest BCUT2D eigenvalue weighted by Crippen LogP contribution is -2.24. The molecular formula is C24H18ClF4N9O2. The zero-order valence-corrected chi connectivity index (χ0v) is 21.4. The average molecular weight is 576 g/mol. The largest absolute Gasteiger partial charge is 0.450 e. The van der Waals surface area contributed by atoms with Gasteiger partial charge in [-0.1, -0.05) is 11.6 Å². The molecule has 0 spiro atoms. The number of aryl methyl sites for hydroxylation is 2. The Hall–Kier alpha value is -4.92. The smallest absolute Gasteiger partial charge is 0.417 e. The van der Waals surface area contributed by atoms with E-state index in [1.54, 1.807) is 7.05 Å². The molecule has 3 N–H and O–H groups in total. The van der Waals surface area contributed by atoms with E-state index in [1.807, 2.05) is 0 Å². The van der Waals surface area contributed by atoms with Crippen molar-refractivity contribution in [2.75, 3.05) is 5.32 Å². The molecule has 5 rings (SSSR count). The zero-order chi connectivity index (χ0) is 28.8. The molecule has 5 heterocycles. The summed E-state index contributed by atoms with van der Waals surface area (Å²) >= 11 is 6.57. The van der Waals surface area contributed by atoms with E-state index in [-0.39, 0.29) is 45.0 Å². The van der Waals surface area contributed by atoms with Crippen LogP contribution in [0.5, 0.6) is 5.75 Å². The second-order valence-corrected chi connectivity index (χ2v) is 8.79. The van der Waals surface area contributed by atoms with Crippen LogP contribution in [0.15, 0.2) is 60.2 Å². The van der Waals surface area contributed by atoms with Crippen LogP contribution in [-0.4, -0.2) is 33.9 Å². The fourth-order valence-corrected chi connectivity index (χ4v) is 4.08. The molecule has 0 fully saturated rings. The minimum atomic E-state index is -4.74. The quantitative estimate of drug-likeness (QED) is 0.228. The highest BCUT2D eigenvalue weighted by Gasteiger charge is 2.33. The van der Waals surface area contributed by atoms with E-state index < -0.39 is 28.8 Å². The van der Waals surface area contributed by atoms with Crippen molar-refractivity contribution in [3.63, 3.8) is 0 Å². The van der Waals surface area contributed by atoms with Crippen LogP contribution < -0.4 is 21.3 Å². The lowest BCUT2D eigenvalue weighted by Gasteiger charge is -2.14. The Morgan fingerprint density at radius 1 is 1.15 bits per heavy atom. The summed E-state index contributed by atoms with van der Waals surface area (Å²) < 4.78 is 63.7. The molecule has 5 aromatic rings. The van der Waals surface area contributed by atoms with Crippen LogP contribution in [0.3, 0.4) is 0 Å². The molecule has 0 amide bonds. The normalized spacial score (nSPS) is 12.2. The molecule has 0 aliphatic rings. The topological polar surface area (TPSA) is 131 Å². The highest BCUT2D eigenvalue weighted by Crippen LogP contribution is 2.35. The first-order chi connectivity index (χ1) is 19.0. The first-order valence-corrected chi connectivity index (χ1v) is 11.7. The van der Waals surface area contributed by atoms with Crippen molar-refractivity contribution in [1.29, 1.82) is 0 Å². The molecule has 0 saturated carbocycles. The Morgan fingerprint density at radius 2 is 1.93 bits per heavy atom. The predicted molar refractivity (Wildman–Crippen MR) is 138 cm³/mol. The Bertz CT molecular complexity index is 1830. The summed E-state index contributed by atoms with van der Waals surface area (Å²) in [6, 6.07) is 3.22. The average Bonchev–Trinajstić information content (AvgIpc) is 3.48. The maximum Gasteiger partial charge on any atom is 0.417 e. The first kappa shape index (κ1) is 26.7. The van der Waals surface area contributed by atoms with Crippen LogP contribution in [0, 0.1) is 5.82 Å². The number of imidazole rings is 1. The van der Waals surface area contributed by atoms with E-state index in [9.17, 15) is 22.4 Å². The lowest BCUT2D eigenvalue weighted by atomic mass is 10.2. The lowest BCUT2D eigenvalue weighted by molar-refractivity contribution is -0.137. The monoisotopic (exact) mass is 575 g/mol. The number of aromatic nitrogens is 7. The maximum absolute atomic E-state index is 13.7. The van der Waals surface area contributed by atoms with Gasteiger partial charge in [0.25, 0.3) is 5.56 Å². The second kappa shape index (κ2) is 10.00. The first-order valence-electron chi connectivity index (χ1n) is 11.3. The minimum absolute atomic E-state index is 0.0227. The van der Waals surface area contributed by atoms with Gasteiger partial charge in [0.1, 0.15) is 27.7 Å². The number of hydrogen-bond acceptors (Lipinski definition) is 8. The van der Waals surface area contributed by atoms with E-state index in [0.717, 1.165) is 17.0 Å². The van der Waals surface area contributed by atoms with Gasteiger partial charge in [0.05, 0.1) is 29.8 Å². The number of halogens is 5. The molecule has 16 heteroatoms. The standard InChI is InChI=1S/C24H18ClF4N9O2/c1-36-11-14(8-33-36)38-10-12(24(27,28)29)5-16(22(38)39)34-23-35-21-20(37(23)2)19(25)18(9-32-21)40-17(6-30)15-4-3-13(26)7-31-15/h3-11H,30H2,1-2H3,(H,32,34,35). The Kier molecular flexibility index (Phi) is 6.67. The van der Waals surface area contributed by atoms with Gasteiger partial charge >= 0.3 is 6.18 Å². The van der Waals surface area contributed by atoms with Crippen molar-refractivity contribution in [2.24, 2.45) is 19.8 Å². The van der Waals surface area contributed by atoms with E-state index >= 15 is 0 Å². The molecule has 0 aromatic carbocycles. The van der Waals surface area contributed by atoms with Gasteiger partial charge in [0, 0.05) is 32.7 Å². The summed E-state index contributed by atoms with van der Waals surface area (Å²) in [5, 5.41) is 6.62. The summed E-state index contributed by atoms with van der Waals surface area (Å²) in [5.74, 6) is -0.470. The van der Waals surface area contributed by atoms with Crippen LogP contribution in [-0.2, 0) is 20.3 Å². The predicted octanol–water partition coefficient (Wildman–Crippen LogP) is 4.14. The maximum atomic E-state index is 13.7. The molecule has 206 valence electrons. The molecule has 0 atom stereocenters. The van der Waals surface area contributed by atoms with Crippen molar-refractivity contribution in [2.45, 2.75) is 6.18 Å². The third-order valence-corrected chi connectivity index (χ3v) is 6.08. The number of ether oxygens (including phenoxy) is 1. The van der Waals surface area contributed by atoms with Gasteiger partial charge < -0.3 is 20.4 Å². The van der Waals surface area contributed by atoms with Crippen molar-refractivity contribution < 1.29 is 22.3 Å². The number of anilines is 2. The van der Waals surface area contributed by atoms with Gasteiger partial charge in [0.2, 0.25) is 5.95 Å². The Balaban J connectivity index is 1.54. The number of alkyl halides is 3. The highest BCUT2D eigenvalue weighted by molar-refractivity contribution is 6.36. The fraction of sp³-hybridized carbons (Fsp3) is 0.125. The fourth-order valence-electron chi connectivity index (χ4n) is 3.78. The van der Waals surface area contributed by atoms with E-state index in [2.05, 4.69) is 25.4 Å². The van der Waals surface area contributed by atoms with Crippen LogP contribution in [0.2, 0.25) is 5.02 Å². The summed E-state index contributed by atoms with van der Waals surface area (Å²) in [4.78, 5) is 25.6. The summed E-state index contributed by atoms with van der Waals surface area (Å²) in [6.45, 7) is 0. The molecule has 0 aliphatic carbocycles. The molecule has 0 aliphatic heterocycles. The van der Waals surface area contributed by atoms with Crippen molar-refractivity contribution in [1.82, 2.24) is 33.9 Å². The summed E-state index contributed by atoms with van der Waals surface area (Å²) in [6.07, 6.45) is 1.96.